The third-order valence-corrected chi connectivity index (χ3v) is 6.76. The first kappa shape index (κ1) is 34.1. The van der Waals surface area contributed by atoms with Crippen LogP contribution < -0.4 is 15.2 Å². The van der Waals surface area contributed by atoms with Gasteiger partial charge in [-0.1, -0.05) is 33.8 Å². The van der Waals surface area contributed by atoms with E-state index in [0.717, 1.165) is 6.42 Å². The van der Waals surface area contributed by atoms with Gasteiger partial charge in [0.25, 0.3) is 0 Å². The first-order valence-corrected chi connectivity index (χ1v) is 13.7. The number of hydrogen-bond donors (Lipinski definition) is 1. The van der Waals surface area contributed by atoms with E-state index >= 15 is 0 Å². The van der Waals surface area contributed by atoms with Crippen LogP contribution in [0.4, 0.5) is 0 Å². The average Bonchev–Trinajstić information content (AvgIpc) is 2.87. The molecule has 1 aromatic carbocycles. The summed E-state index contributed by atoms with van der Waals surface area (Å²) in [5.74, 6) is -1.37. The maximum absolute atomic E-state index is 12.8. The topological polar surface area (TPSA) is 131 Å². The van der Waals surface area contributed by atoms with Gasteiger partial charge in [-0.15, -0.1) is 0 Å². The molecule has 0 aromatic heterocycles. The van der Waals surface area contributed by atoms with E-state index in [0.29, 0.717) is 30.7 Å². The van der Waals surface area contributed by atoms with Crippen LogP contribution in [0.1, 0.15) is 93.6 Å². The molecule has 2 N–H and O–H groups in total. The molecule has 0 aliphatic carbocycles. The summed E-state index contributed by atoms with van der Waals surface area (Å²) < 4.78 is 21.8. The lowest BCUT2D eigenvalue weighted by atomic mass is 9.90. The predicted octanol–water partition coefficient (Wildman–Crippen LogP) is 5.15. The molecule has 0 heterocycles. The van der Waals surface area contributed by atoms with E-state index in [4.69, 9.17) is 24.7 Å². The highest BCUT2D eigenvalue weighted by molar-refractivity contribution is 5.81. The van der Waals surface area contributed by atoms with Gasteiger partial charge in [0.15, 0.2) is 11.5 Å². The Balaban J connectivity index is 2.95. The molecule has 0 saturated heterocycles. The van der Waals surface area contributed by atoms with Crippen molar-refractivity contribution in [2.75, 3.05) is 6.61 Å². The second-order valence-corrected chi connectivity index (χ2v) is 11.7. The van der Waals surface area contributed by atoms with Crippen molar-refractivity contribution in [2.45, 2.75) is 107 Å². The van der Waals surface area contributed by atoms with Crippen LogP contribution in [0.15, 0.2) is 18.2 Å². The minimum Gasteiger partial charge on any atom is -0.461 e. The van der Waals surface area contributed by atoms with Crippen LogP contribution in [0.3, 0.4) is 0 Å². The van der Waals surface area contributed by atoms with Crippen LogP contribution in [-0.4, -0.2) is 42.6 Å². The Morgan fingerprint density at radius 1 is 0.872 bits per heavy atom. The summed E-state index contributed by atoms with van der Waals surface area (Å²) in [5.41, 5.74) is 5.18. The fourth-order valence-electron chi connectivity index (χ4n) is 2.98. The Morgan fingerprint density at radius 2 is 1.41 bits per heavy atom. The molecule has 220 valence electrons. The molecule has 0 aliphatic heterocycles. The fraction of sp³-hybridized carbons (Fsp3) is 0.667. The summed E-state index contributed by atoms with van der Waals surface area (Å²) in [7, 11) is 0. The molecule has 9 heteroatoms. The molecule has 0 spiro atoms. The van der Waals surface area contributed by atoms with Gasteiger partial charge in [-0.05, 0) is 83.9 Å². The first-order valence-electron chi connectivity index (χ1n) is 13.7. The van der Waals surface area contributed by atoms with Crippen molar-refractivity contribution in [3.8, 4) is 11.5 Å². The highest BCUT2D eigenvalue weighted by Gasteiger charge is 2.31. The Labute approximate surface area is 233 Å². The molecular formula is C30H47NO8. The maximum Gasteiger partial charge on any atom is 0.323 e. The second kappa shape index (κ2) is 15.0. The summed E-state index contributed by atoms with van der Waals surface area (Å²) >= 11 is 0. The number of hydrogen-bond acceptors (Lipinski definition) is 9. The normalized spacial score (nSPS) is 13.4. The van der Waals surface area contributed by atoms with Crippen molar-refractivity contribution in [1.29, 1.82) is 0 Å². The number of carbonyl (C=O) groups is 4. The Kier molecular flexibility index (Phi) is 13.1. The van der Waals surface area contributed by atoms with Gasteiger partial charge >= 0.3 is 23.9 Å². The molecule has 1 aromatic rings. The minimum absolute atomic E-state index is 0.0711. The third-order valence-electron chi connectivity index (χ3n) is 6.76. The Bertz CT molecular complexity index is 999. The summed E-state index contributed by atoms with van der Waals surface area (Å²) in [6.45, 7) is 16.4. The van der Waals surface area contributed by atoms with Crippen LogP contribution >= 0.6 is 0 Å². The van der Waals surface area contributed by atoms with E-state index in [9.17, 15) is 19.2 Å². The standard InChI is InChI=1S/C30H47NO8/c1-10-29(6,7)27(34)38-23-14-13-21(17-24(23)39-28(35)30(8,9)11-2)16-22(31)26(33)36-18-20(5)37-25(32)15-12-19(3)4/h13-14,17,19-20,22H,10-12,15-16,18,31H2,1-9H3/t20-,22-/m0/s1. The molecule has 0 fully saturated rings. The zero-order valence-electron chi connectivity index (χ0n) is 25.1. The van der Waals surface area contributed by atoms with Gasteiger partial charge in [0.1, 0.15) is 18.8 Å². The zero-order valence-corrected chi connectivity index (χ0v) is 25.1. The molecular weight excluding hydrogens is 502 g/mol. The molecule has 0 radical (unpaired) electrons. The molecule has 1 rings (SSSR count). The van der Waals surface area contributed by atoms with Gasteiger partial charge in [0, 0.05) is 6.42 Å². The minimum atomic E-state index is -1.02. The van der Waals surface area contributed by atoms with Crippen LogP contribution in [0.2, 0.25) is 0 Å². The van der Waals surface area contributed by atoms with E-state index in [2.05, 4.69) is 0 Å². The van der Waals surface area contributed by atoms with Crippen LogP contribution in [0, 0.1) is 16.7 Å². The van der Waals surface area contributed by atoms with Gasteiger partial charge in [-0.2, -0.15) is 0 Å². The van der Waals surface area contributed by atoms with Gasteiger partial charge in [-0.25, -0.2) is 0 Å². The highest BCUT2D eigenvalue weighted by Crippen LogP contribution is 2.34. The summed E-state index contributed by atoms with van der Waals surface area (Å²) in [4.78, 5) is 49.9. The monoisotopic (exact) mass is 549 g/mol. The van der Waals surface area contributed by atoms with Gasteiger partial charge in [-0.3, -0.25) is 19.2 Å². The van der Waals surface area contributed by atoms with Crippen LogP contribution in [0.25, 0.3) is 0 Å². The first-order chi connectivity index (χ1) is 18.0. The highest BCUT2D eigenvalue weighted by atomic mass is 16.6. The van der Waals surface area contributed by atoms with Crippen LogP contribution in [-0.2, 0) is 35.1 Å². The second-order valence-electron chi connectivity index (χ2n) is 11.7. The molecule has 0 aliphatic rings. The molecule has 0 bridgehead atoms. The van der Waals surface area contributed by atoms with E-state index in [-0.39, 0.29) is 30.5 Å². The lowest BCUT2D eigenvalue weighted by molar-refractivity contribution is -0.158. The summed E-state index contributed by atoms with van der Waals surface area (Å²) in [5, 5.41) is 0. The summed E-state index contributed by atoms with van der Waals surface area (Å²) in [6.07, 6.45) is 1.62. The van der Waals surface area contributed by atoms with Crippen molar-refractivity contribution >= 4 is 23.9 Å². The van der Waals surface area contributed by atoms with E-state index in [1.807, 2.05) is 27.7 Å². The molecule has 0 saturated carbocycles. The number of ether oxygens (including phenoxy) is 4. The van der Waals surface area contributed by atoms with Crippen LogP contribution in [0.5, 0.6) is 11.5 Å². The number of nitrogens with two attached hydrogens (primary N) is 1. The van der Waals surface area contributed by atoms with E-state index < -0.39 is 40.9 Å². The van der Waals surface area contributed by atoms with Crippen molar-refractivity contribution in [3.63, 3.8) is 0 Å². The van der Waals surface area contributed by atoms with Gasteiger partial charge < -0.3 is 24.7 Å². The van der Waals surface area contributed by atoms with Gasteiger partial charge in [0.05, 0.1) is 10.8 Å². The molecule has 39 heavy (non-hydrogen) atoms. The smallest absolute Gasteiger partial charge is 0.323 e. The van der Waals surface area contributed by atoms with Crippen molar-refractivity contribution in [2.24, 2.45) is 22.5 Å². The maximum atomic E-state index is 12.8. The summed E-state index contributed by atoms with van der Waals surface area (Å²) in [6, 6.07) is 3.70. The lowest BCUT2D eigenvalue weighted by Crippen LogP contribution is -2.36. The molecule has 9 nitrogen and oxygen atoms in total. The van der Waals surface area contributed by atoms with E-state index in [1.54, 1.807) is 40.7 Å². The largest absolute Gasteiger partial charge is 0.461 e. The average molecular weight is 550 g/mol. The Hall–Kier alpha value is -2.94. The fourth-order valence-corrected chi connectivity index (χ4v) is 2.98. The lowest BCUT2D eigenvalue weighted by Gasteiger charge is -2.23. The van der Waals surface area contributed by atoms with Crippen molar-refractivity contribution < 1.29 is 38.1 Å². The molecule has 2 atom stereocenters. The predicted molar refractivity (Wildman–Crippen MR) is 148 cm³/mol. The number of rotatable bonds is 15. The quantitative estimate of drug-likeness (QED) is 0.233. The SMILES string of the molecule is CCC(C)(C)C(=O)Oc1ccc(C[C@H](N)C(=O)OC[C@H](C)OC(=O)CCC(C)C)cc1OC(=O)C(C)(C)CC. The molecule has 0 amide bonds. The van der Waals surface area contributed by atoms with Crippen molar-refractivity contribution in [1.82, 2.24) is 0 Å². The third kappa shape index (κ3) is 11.4. The zero-order chi connectivity index (χ0) is 30.0. The van der Waals surface area contributed by atoms with Gasteiger partial charge in [0.2, 0.25) is 0 Å². The van der Waals surface area contributed by atoms with Crippen molar-refractivity contribution in [3.05, 3.63) is 23.8 Å². The number of carbonyl (C=O) groups excluding carboxylic acids is 4. The number of esters is 4. The van der Waals surface area contributed by atoms with E-state index in [1.165, 1.54) is 12.1 Å². The molecule has 0 unspecified atom stereocenters. The Morgan fingerprint density at radius 3 is 1.92 bits per heavy atom. The number of benzene rings is 1.